The number of rotatable bonds is 6. The minimum absolute atomic E-state index is 0.499. The summed E-state index contributed by atoms with van der Waals surface area (Å²) < 4.78 is 5.80. The predicted molar refractivity (Wildman–Crippen MR) is 83.1 cm³/mol. The summed E-state index contributed by atoms with van der Waals surface area (Å²) in [4.78, 5) is 1.88. The van der Waals surface area contributed by atoms with Crippen molar-refractivity contribution in [1.29, 1.82) is 5.26 Å². The Balaban J connectivity index is 2.00. The second-order valence-corrected chi connectivity index (χ2v) is 6.10. The third-order valence-electron chi connectivity index (χ3n) is 2.68. The zero-order valence-corrected chi connectivity index (χ0v) is 12.5. The number of benzene rings is 1. The van der Waals surface area contributed by atoms with Crippen LogP contribution in [0.5, 0.6) is 5.75 Å². The number of nitrogens with zero attached hydrogens (tertiary/aromatic N) is 1. The van der Waals surface area contributed by atoms with Crippen LogP contribution in [0.15, 0.2) is 36.4 Å². The smallest absolute Gasteiger partial charge is 0.142 e. The van der Waals surface area contributed by atoms with Crippen LogP contribution in [0.25, 0.3) is 0 Å². The molecule has 0 atom stereocenters. The second-order valence-electron chi connectivity index (χ2n) is 4.93. The second kappa shape index (κ2) is 6.97. The number of hydrogen-bond acceptors (Lipinski definition) is 4. The van der Waals surface area contributed by atoms with E-state index >= 15 is 0 Å². The van der Waals surface area contributed by atoms with E-state index in [4.69, 9.17) is 10.00 Å². The molecule has 0 saturated heterocycles. The van der Waals surface area contributed by atoms with E-state index in [1.165, 1.54) is 11.3 Å². The maximum Gasteiger partial charge on any atom is 0.142 e. The molecule has 0 bridgehead atoms. The molecule has 0 unspecified atom stereocenters. The van der Waals surface area contributed by atoms with Crippen LogP contribution in [0, 0.1) is 17.2 Å². The van der Waals surface area contributed by atoms with E-state index in [9.17, 15) is 0 Å². The van der Waals surface area contributed by atoms with Crippen molar-refractivity contribution < 1.29 is 4.74 Å². The van der Waals surface area contributed by atoms with Crippen LogP contribution >= 0.6 is 11.3 Å². The predicted octanol–water partition coefficient (Wildman–Crippen LogP) is 4.27. The maximum atomic E-state index is 8.82. The van der Waals surface area contributed by atoms with Crippen LogP contribution in [0.3, 0.4) is 0 Å². The lowest BCUT2D eigenvalue weighted by atomic mass is 10.2. The highest BCUT2D eigenvalue weighted by Crippen LogP contribution is 2.26. The first-order chi connectivity index (χ1) is 9.69. The van der Waals surface area contributed by atoms with E-state index in [2.05, 4.69) is 25.2 Å². The highest BCUT2D eigenvalue weighted by molar-refractivity contribution is 7.12. The molecule has 0 radical (unpaired) electrons. The van der Waals surface area contributed by atoms with E-state index in [-0.39, 0.29) is 0 Å². The fraction of sp³-hybridized carbons (Fsp3) is 0.312. The van der Waals surface area contributed by atoms with Crippen molar-refractivity contribution >= 4 is 17.0 Å². The fourth-order valence-electron chi connectivity index (χ4n) is 1.71. The quantitative estimate of drug-likeness (QED) is 0.862. The summed E-state index contributed by atoms with van der Waals surface area (Å²) in [7, 11) is 0. The Kier molecular flexibility index (Phi) is 5.03. The Bertz CT molecular complexity index is 599. The topological polar surface area (TPSA) is 45.0 Å². The van der Waals surface area contributed by atoms with Gasteiger partial charge in [0.15, 0.2) is 0 Å². The molecule has 0 amide bonds. The van der Waals surface area contributed by atoms with E-state index in [0.29, 0.717) is 19.1 Å². The summed E-state index contributed by atoms with van der Waals surface area (Å²) >= 11 is 1.51. The Labute approximate surface area is 123 Å². The molecular formula is C16H18N2OS. The lowest BCUT2D eigenvalue weighted by Gasteiger charge is -2.14. The molecule has 0 spiro atoms. The number of thiophene rings is 1. The van der Waals surface area contributed by atoms with Crippen LogP contribution in [0.1, 0.15) is 23.6 Å². The van der Waals surface area contributed by atoms with Crippen molar-refractivity contribution in [2.24, 2.45) is 5.92 Å². The highest BCUT2D eigenvalue weighted by atomic mass is 32.1. The summed E-state index contributed by atoms with van der Waals surface area (Å²) in [5.41, 5.74) is 0.986. The van der Waals surface area contributed by atoms with Crippen molar-refractivity contribution in [3.05, 3.63) is 46.2 Å². The maximum absolute atomic E-state index is 8.82. The van der Waals surface area contributed by atoms with Crippen molar-refractivity contribution in [2.75, 3.05) is 11.9 Å². The van der Waals surface area contributed by atoms with Gasteiger partial charge in [-0.05, 0) is 30.2 Å². The van der Waals surface area contributed by atoms with Crippen LogP contribution in [-0.4, -0.2) is 6.61 Å². The Morgan fingerprint density at radius 3 is 2.75 bits per heavy atom. The van der Waals surface area contributed by atoms with Gasteiger partial charge in [-0.2, -0.15) is 5.26 Å². The van der Waals surface area contributed by atoms with Crippen molar-refractivity contribution in [3.8, 4) is 11.8 Å². The molecule has 0 aliphatic heterocycles. The number of ether oxygens (including phenoxy) is 1. The Morgan fingerprint density at radius 1 is 1.25 bits per heavy atom. The summed E-state index contributed by atoms with van der Waals surface area (Å²) in [6.07, 6.45) is 0. The van der Waals surface area contributed by atoms with Crippen LogP contribution < -0.4 is 10.1 Å². The van der Waals surface area contributed by atoms with Gasteiger partial charge in [-0.15, -0.1) is 11.3 Å². The van der Waals surface area contributed by atoms with Crippen LogP contribution in [0.4, 0.5) is 5.69 Å². The summed E-state index contributed by atoms with van der Waals surface area (Å²) in [5.74, 6) is 1.37. The number of para-hydroxylation sites is 2. The van der Waals surface area contributed by atoms with Crippen LogP contribution in [-0.2, 0) is 6.54 Å². The molecule has 104 valence electrons. The average Bonchev–Trinajstić information content (AvgIpc) is 2.91. The van der Waals surface area contributed by atoms with Gasteiger partial charge in [-0.3, -0.25) is 0 Å². The molecule has 0 aliphatic carbocycles. The zero-order chi connectivity index (χ0) is 14.4. The molecule has 0 aliphatic rings. The lowest BCUT2D eigenvalue weighted by molar-refractivity contribution is 0.272. The number of anilines is 1. The molecule has 2 rings (SSSR count). The number of nitrogens with one attached hydrogen (secondary N) is 1. The zero-order valence-electron chi connectivity index (χ0n) is 11.7. The third-order valence-corrected chi connectivity index (χ3v) is 3.67. The number of nitriles is 1. The van der Waals surface area contributed by atoms with Gasteiger partial charge in [-0.25, -0.2) is 0 Å². The van der Waals surface area contributed by atoms with Crippen molar-refractivity contribution in [1.82, 2.24) is 0 Å². The standard InChI is InChI=1S/C16H18N2OS/c1-12(2)11-19-16-6-4-3-5-15(16)18-10-14-8-7-13(9-17)20-14/h3-8,12,18H,10-11H2,1-2H3. The van der Waals surface area contributed by atoms with Crippen molar-refractivity contribution in [2.45, 2.75) is 20.4 Å². The Morgan fingerprint density at radius 2 is 2.05 bits per heavy atom. The first kappa shape index (κ1) is 14.4. The fourth-order valence-corrected chi connectivity index (χ4v) is 2.45. The first-order valence-corrected chi connectivity index (χ1v) is 7.45. The van der Waals surface area contributed by atoms with Gasteiger partial charge in [0.1, 0.15) is 16.7 Å². The molecule has 4 heteroatoms. The Hall–Kier alpha value is -1.99. The first-order valence-electron chi connectivity index (χ1n) is 6.63. The molecule has 3 nitrogen and oxygen atoms in total. The summed E-state index contributed by atoms with van der Waals surface area (Å²) in [6.45, 7) is 5.67. The lowest BCUT2D eigenvalue weighted by Crippen LogP contribution is -2.07. The molecule has 1 aromatic heterocycles. The van der Waals surface area contributed by atoms with E-state index in [1.54, 1.807) is 0 Å². The van der Waals surface area contributed by atoms with Crippen molar-refractivity contribution in [3.63, 3.8) is 0 Å². The normalized spacial score (nSPS) is 10.3. The molecule has 1 aromatic carbocycles. The molecule has 2 aromatic rings. The highest BCUT2D eigenvalue weighted by Gasteiger charge is 2.05. The summed E-state index contributed by atoms with van der Waals surface area (Å²) in [6, 6.07) is 13.9. The van der Waals surface area contributed by atoms with E-state index in [1.807, 2.05) is 36.4 Å². The molecule has 20 heavy (non-hydrogen) atoms. The van der Waals surface area contributed by atoms with Gasteiger partial charge < -0.3 is 10.1 Å². The largest absolute Gasteiger partial charge is 0.491 e. The molecular weight excluding hydrogens is 268 g/mol. The van der Waals surface area contributed by atoms with Gasteiger partial charge >= 0.3 is 0 Å². The SMILES string of the molecule is CC(C)COc1ccccc1NCc1ccc(C#N)s1. The molecule has 1 heterocycles. The molecule has 0 fully saturated rings. The van der Waals surface area contributed by atoms with Gasteiger partial charge in [0.05, 0.1) is 12.3 Å². The van der Waals surface area contributed by atoms with Gasteiger partial charge in [0.25, 0.3) is 0 Å². The van der Waals surface area contributed by atoms with Gasteiger partial charge in [-0.1, -0.05) is 26.0 Å². The molecule has 1 N–H and O–H groups in total. The van der Waals surface area contributed by atoms with E-state index < -0.39 is 0 Å². The van der Waals surface area contributed by atoms with Gasteiger partial charge in [0.2, 0.25) is 0 Å². The summed E-state index contributed by atoms with van der Waals surface area (Å²) in [5, 5.41) is 12.2. The molecule has 0 saturated carbocycles. The monoisotopic (exact) mass is 286 g/mol. The minimum atomic E-state index is 0.499. The van der Waals surface area contributed by atoms with Crippen LogP contribution in [0.2, 0.25) is 0 Å². The van der Waals surface area contributed by atoms with Gasteiger partial charge in [0, 0.05) is 11.4 Å². The minimum Gasteiger partial charge on any atom is -0.491 e. The average molecular weight is 286 g/mol. The number of hydrogen-bond donors (Lipinski definition) is 1. The van der Waals surface area contributed by atoms with E-state index in [0.717, 1.165) is 21.2 Å². The third kappa shape index (κ3) is 4.01.